The molecule has 24 heavy (non-hydrogen) atoms. The molecule has 0 aliphatic carbocycles. The first kappa shape index (κ1) is 16.8. The van der Waals surface area contributed by atoms with E-state index in [-0.39, 0.29) is 12.5 Å². The van der Waals surface area contributed by atoms with Crippen molar-refractivity contribution in [2.45, 2.75) is 25.7 Å². The van der Waals surface area contributed by atoms with Crippen LogP contribution in [0.3, 0.4) is 0 Å². The molecule has 0 radical (unpaired) electrons. The maximum atomic E-state index is 11.9. The second kappa shape index (κ2) is 8.69. The van der Waals surface area contributed by atoms with E-state index in [0.29, 0.717) is 0 Å². The predicted octanol–water partition coefficient (Wildman–Crippen LogP) is 3.21. The molecule has 1 saturated heterocycles. The quantitative estimate of drug-likeness (QED) is 0.757. The molecule has 0 saturated carbocycles. The minimum Gasteiger partial charge on any atom is -0.484 e. The van der Waals surface area contributed by atoms with Crippen LogP contribution in [0.15, 0.2) is 42.5 Å². The van der Waals surface area contributed by atoms with Gasteiger partial charge in [-0.1, -0.05) is 30.3 Å². The molecule has 1 aliphatic rings. The van der Waals surface area contributed by atoms with Gasteiger partial charge in [0.1, 0.15) is 5.75 Å². The summed E-state index contributed by atoms with van der Waals surface area (Å²) in [5, 5.41) is 5.23. The van der Waals surface area contributed by atoms with E-state index in [2.05, 4.69) is 16.3 Å². The number of hydrogen-bond donors (Lipinski definition) is 1. The molecule has 0 spiro atoms. The molecular formula is C20H26N2O2. The number of carbonyl (C=O) groups is 1. The lowest BCUT2D eigenvalue weighted by Gasteiger charge is -2.14. The van der Waals surface area contributed by atoms with E-state index in [1.165, 1.54) is 31.3 Å². The Labute approximate surface area is 143 Å². The lowest BCUT2D eigenvalue weighted by molar-refractivity contribution is -0.123. The highest BCUT2D eigenvalue weighted by Gasteiger charge is 2.10. The normalized spacial score (nSPS) is 14.8. The average molecular weight is 326 g/mol. The van der Waals surface area contributed by atoms with Crippen LogP contribution >= 0.6 is 0 Å². The monoisotopic (exact) mass is 326 g/mol. The molecule has 1 heterocycles. The van der Waals surface area contributed by atoms with Gasteiger partial charge in [-0.3, -0.25) is 4.79 Å². The smallest absolute Gasteiger partial charge is 0.257 e. The Morgan fingerprint density at radius 2 is 1.83 bits per heavy atom. The number of nitrogens with one attached hydrogen (secondary N) is 1. The van der Waals surface area contributed by atoms with Gasteiger partial charge in [-0.15, -0.1) is 0 Å². The fraction of sp³-hybridized carbons (Fsp3) is 0.450. The van der Waals surface area contributed by atoms with Gasteiger partial charge >= 0.3 is 0 Å². The van der Waals surface area contributed by atoms with E-state index in [4.69, 9.17) is 4.74 Å². The van der Waals surface area contributed by atoms with Gasteiger partial charge in [0, 0.05) is 6.54 Å². The Morgan fingerprint density at radius 3 is 2.67 bits per heavy atom. The van der Waals surface area contributed by atoms with Crippen molar-refractivity contribution < 1.29 is 9.53 Å². The van der Waals surface area contributed by atoms with E-state index < -0.39 is 0 Å². The molecule has 4 heteroatoms. The minimum absolute atomic E-state index is 0.0515. The van der Waals surface area contributed by atoms with Gasteiger partial charge in [0.15, 0.2) is 6.61 Å². The zero-order valence-corrected chi connectivity index (χ0v) is 14.2. The highest BCUT2D eigenvalue weighted by molar-refractivity contribution is 5.84. The molecule has 2 aromatic rings. The summed E-state index contributed by atoms with van der Waals surface area (Å²) >= 11 is 0. The maximum Gasteiger partial charge on any atom is 0.257 e. The summed E-state index contributed by atoms with van der Waals surface area (Å²) < 4.78 is 5.59. The van der Waals surface area contributed by atoms with Gasteiger partial charge in [0.2, 0.25) is 0 Å². The molecule has 0 atom stereocenters. The zero-order chi connectivity index (χ0) is 16.6. The Bertz CT molecular complexity index is 665. The summed E-state index contributed by atoms with van der Waals surface area (Å²) in [5.41, 5.74) is 0. The number of ether oxygens (including phenoxy) is 1. The molecule has 1 fully saturated rings. The van der Waals surface area contributed by atoms with Crippen molar-refractivity contribution in [2.24, 2.45) is 0 Å². The number of benzene rings is 2. The van der Waals surface area contributed by atoms with Crippen LogP contribution in [0.1, 0.15) is 25.7 Å². The number of hydrogen-bond acceptors (Lipinski definition) is 3. The number of carbonyl (C=O) groups excluding carboxylic acids is 1. The van der Waals surface area contributed by atoms with E-state index in [1.54, 1.807) is 0 Å². The van der Waals surface area contributed by atoms with Gasteiger partial charge in [-0.05, 0) is 68.2 Å². The molecule has 1 amide bonds. The summed E-state index contributed by atoms with van der Waals surface area (Å²) in [7, 11) is 0. The first-order valence-electron chi connectivity index (χ1n) is 8.92. The highest BCUT2D eigenvalue weighted by atomic mass is 16.5. The number of nitrogens with zero attached hydrogens (tertiary/aromatic N) is 1. The lowest BCUT2D eigenvalue weighted by atomic mass is 10.1. The summed E-state index contributed by atoms with van der Waals surface area (Å²) in [6, 6.07) is 14.0. The van der Waals surface area contributed by atoms with E-state index >= 15 is 0 Å². The Morgan fingerprint density at radius 1 is 1.04 bits per heavy atom. The molecule has 0 aromatic heterocycles. The van der Waals surface area contributed by atoms with Gasteiger partial charge in [0.25, 0.3) is 5.91 Å². The first-order valence-corrected chi connectivity index (χ1v) is 8.92. The summed E-state index contributed by atoms with van der Waals surface area (Å²) in [6.07, 6.45) is 4.84. The number of likely N-dealkylation sites (tertiary alicyclic amines) is 1. The third kappa shape index (κ3) is 4.96. The molecule has 0 unspecified atom stereocenters. The van der Waals surface area contributed by atoms with Crippen molar-refractivity contribution in [1.82, 2.24) is 10.2 Å². The second-order valence-corrected chi connectivity index (χ2v) is 6.40. The van der Waals surface area contributed by atoms with Crippen molar-refractivity contribution in [3.63, 3.8) is 0 Å². The van der Waals surface area contributed by atoms with Crippen LogP contribution < -0.4 is 10.1 Å². The van der Waals surface area contributed by atoms with Gasteiger partial charge in [0.05, 0.1) is 0 Å². The largest absolute Gasteiger partial charge is 0.484 e. The summed E-state index contributed by atoms with van der Waals surface area (Å²) in [4.78, 5) is 14.4. The topological polar surface area (TPSA) is 41.6 Å². The van der Waals surface area contributed by atoms with Crippen LogP contribution in [0.4, 0.5) is 0 Å². The van der Waals surface area contributed by atoms with E-state index in [0.717, 1.165) is 37.1 Å². The molecular weight excluding hydrogens is 300 g/mol. The van der Waals surface area contributed by atoms with Crippen molar-refractivity contribution >= 4 is 16.7 Å². The highest BCUT2D eigenvalue weighted by Crippen LogP contribution is 2.20. The number of amides is 1. The Kier molecular flexibility index (Phi) is 6.07. The second-order valence-electron chi connectivity index (χ2n) is 6.40. The van der Waals surface area contributed by atoms with Gasteiger partial charge in [-0.25, -0.2) is 0 Å². The first-order chi connectivity index (χ1) is 11.8. The van der Waals surface area contributed by atoms with Crippen molar-refractivity contribution in [1.29, 1.82) is 0 Å². The molecule has 4 nitrogen and oxygen atoms in total. The predicted molar refractivity (Wildman–Crippen MR) is 97.4 cm³/mol. The lowest BCUT2D eigenvalue weighted by Crippen LogP contribution is -2.30. The SMILES string of the molecule is O=C(COc1ccc2ccccc2c1)NCCCCN1CCCC1. The molecule has 3 rings (SSSR count). The molecule has 2 aromatic carbocycles. The third-order valence-electron chi connectivity index (χ3n) is 4.51. The van der Waals surface area contributed by atoms with Gasteiger partial charge < -0.3 is 15.0 Å². The molecule has 0 bridgehead atoms. The number of unbranched alkanes of at least 4 members (excludes halogenated alkanes) is 1. The number of rotatable bonds is 8. The maximum absolute atomic E-state index is 11.9. The molecule has 1 aliphatic heterocycles. The van der Waals surface area contributed by atoms with Crippen LogP contribution in [-0.4, -0.2) is 43.6 Å². The van der Waals surface area contributed by atoms with Crippen LogP contribution in [-0.2, 0) is 4.79 Å². The number of fused-ring (bicyclic) bond motifs is 1. The zero-order valence-electron chi connectivity index (χ0n) is 14.2. The minimum atomic E-state index is -0.0515. The summed E-state index contributed by atoms with van der Waals surface area (Å²) in [5.74, 6) is 0.683. The standard InChI is InChI=1S/C20H26N2O2/c23-20(21-11-3-4-12-22-13-5-6-14-22)16-24-19-10-9-17-7-1-2-8-18(17)15-19/h1-2,7-10,15H,3-6,11-14,16H2,(H,21,23). The van der Waals surface area contributed by atoms with Crippen LogP contribution in [0, 0.1) is 0 Å². The third-order valence-corrected chi connectivity index (χ3v) is 4.51. The Hall–Kier alpha value is -2.07. The fourth-order valence-corrected chi connectivity index (χ4v) is 3.15. The fourth-order valence-electron chi connectivity index (χ4n) is 3.15. The van der Waals surface area contributed by atoms with Crippen molar-refractivity contribution in [2.75, 3.05) is 32.8 Å². The Balaban J connectivity index is 1.32. The molecule has 128 valence electrons. The van der Waals surface area contributed by atoms with Crippen molar-refractivity contribution in [3.05, 3.63) is 42.5 Å². The summed E-state index contributed by atoms with van der Waals surface area (Å²) in [6.45, 7) is 4.44. The van der Waals surface area contributed by atoms with Crippen LogP contribution in [0.25, 0.3) is 10.8 Å². The van der Waals surface area contributed by atoms with Gasteiger partial charge in [-0.2, -0.15) is 0 Å². The van der Waals surface area contributed by atoms with E-state index in [1.807, 2.05) is 36.4 Å². The average Bonchev–Trinajstić information content (AvgIpc) is 3.13. The van der Waals surface area contributed by atoms with Crippen LogP contribution in [0.2, 0.25) is 0 Å². The van der Waals surface area contributed by atoms with E-state index in [9.17, 15) is 4.79 Å². The van der Waals surface area contributed by atoms with Crippen molar-refractivity contribution in [3.8, 4) is 5.75 Å². The van der Waals surface area contributed by atoms with Crippen LogP contribution in [0.5, 0.6) is 5.75 Å². The molecule has 1 N–H and O–H groups in total.